The smallest absolute Gasteiger partial charge is 0.287 e. The molecule has 1 aromatic heterocycles. The number of ether oxygens (including phenoxy) is 2. The van der Waals surface area contributed by atoms with Crippen molar-refractivity contribution in [2.24, 2.45) is 5.41 Å². The zero-order chi connectivity index (χ0) is 26.5. The second-order valence-corrected chi connectivity index (χ2v) is 10.6. The summed E-state index contributed by atoms with van der Waals surface area (Å²) in [4.78, 5) is 26.6. The third kappa shape index (κ3) is 4.49. The highest BCUT2D eigenvalue weighted by Crippen LogP contribution is 2.50. The van der Waals surface area contributed by atoms with Gasteiger partial charge in [-0.05, 0) is 61.1 Å². The molecule has 9 heteroatoms. The molecule has 0 bridgehead atoms. The maximum atomic E-state index is 14.0. The fraction of sp³-hybridized carbons (Fsp3) is 0.414. The van der Waals surface area contributed by atoms with Gasteiger partial charge in [0.05, 0.1) is 17.0 Å². The zero-order valence-electron chi connectivity index (χ0n) is 20.6. The largest absolute Gasteiger partial charge is 0.486 e. The first-order chi connectivity index (χ1) is 18.2. The molecule has 38 heavy (non-hydrogen) atoms. The highest BCUT2D eigenvalue weighted by molar-refractivity contribution is 6.01. The molecule has 0 saturated heterocycles. The summed E-state index contributed by atoms with van der Waals surface area (Å²) in [5.74, 6) is -2.55. The summed E-state index contributed by atoms with van der Waals surface area (Å²) in [5, 5.41) is 12.9. The van der Waals surface area contributed by atoms with Gasteiger partial charge in [0, 0.05) is 24.6 Å². The molecule has 1 aliphatic heterocycles. The summed E-state index contributed by atoms with van der Waals surface area (Å²) in [6, 6.07) is 14.9. The minimum absolute atomic E-state index is 0.00903. The Kier molecular flexibility index (Phi) is 5.67. The topological polar surface area (TPSA) is 102 Å². The van der Waals surface area contributed by atoms with Gasteiger partial charge in [-0.25, -0.2) is 8.78 Å². The van der Waals surface area contributed by atoms with Gasteiger partial charge in [0.15, 0.2) is 23.0 Å². The van der Waals surface area contributed by atoms with Crippen LogP contribution in [-0.4, -0.2) is 36.4 Å². The first-order valence-electron chi connectivity index (χ1n) is 12.8. The molecule has 2 fully saturated rings. The molecule has 0 atom stereocenters. The monoisotopic (exact) mass is 520 g/mol. The van der Waals surface area contributed by atoms with E-state index in [0.717, 1.165) is 11.1 Å². The van der Waals surface area contributed by atoms with Crippen molar-refractivity contribution in [1.82, 2.24) is 5.32 Å². The highest BCUT2D eigenvalue weighted by Gasteiger charge is 2.53. The molecule has 1 N–H and O–H groups in total. The molecule has 2 aliphatic carbocycles. The summed E-state index contributed by atoms with van der Waals surface area (Å²) in [7, 11) is 0. The average molecular weight is 521 g/mol. The van der Waals surface area contributed by atoms with E-state index in [4.69, 9.17) is 13.9 Å². The third-order valence-electron chi connectivity index (χ3n) is 7.93. The molecule has 0 unspecified atom stereocenters. The number of ketones is 1. The number of halogens is 2. The number of carbonyl (C=O) groups is 2. The van der Waals surface area contributed by atoms with E-state index in [-0.39, 0.29) is 30.8 Å². The second-order valence-electron chi connectivity index (χ2n) is 10.6. The Morgan fingerprint density at radius 3 is 2.29 bits per heavy atom. The Bertz CT molecular complexity index is 1470. The number of benzene rings is 2. The van der Waals surface area contributed by atoms with Gasteiger partial charge in [0.25, 0.3) is 5.91 Å². The lowest BCUT2D eigenvalue weighted by Gasteiger charge is -2.39. The van der Waals surface area contributed by atoms with Gasteiger partial charge in [0.1, 0.15) is 18.8 Å². The van der Waals surface area contributed by atoms with E-state index < -0.39 is 35.6 Å². The number of furan rings is 1. The lowest BCUT2D eigenvalue weighted by molar-refractivity contribution is -0.131. The lowest BCUT2D eigenvalue weighted by Crippen LogP contribution is -2.58. The minimum Gasteiger partial charge on any atom is -0.486 e. The molecule has 1 amide bonds. The Balaban J connectivity index is 1.25. The van der Waals surface area contributed by atoms with E-state index in [1.54, 1.807) is 6.07 Å². The van der Waals surface area contributed by atoms with Crippen LogP contribution >= 0.6 is 0 Å². The average Bonchev–Trinajstić information content (AvgIpc) is 3.56. The molecule has 6 rings (SSSR count). The summed E-state index contributed by atoms with van der Waals surface area (Å²) in [6.07, 6.45) is -0.208. The number of hydrogen-bond acceptors (Lipinski definition) is 6. The molecular formula is C29H26F2N2O5. The Labute approximate surface area is 217 Å². The zero-order valence-corrected chi connectivity index (χ0v) is 20.6. The minimum atomic E-state index is -2.88. The molecule has 3 aromatic rings. The van der Waals surface area contributed by atoms with Crippen molar-refractivity contribution in [3.63, 3.8) is 0 Å². The SMILES string of the molecule is N#CC1(CC(=O)C2(NC(=O)c3cc4ccc(-c5ccc6c(c5)OCCO6)cc4o3)CCC(F)(F)CC2)CC1. The van der Waals surface area contributed by atoms with Crippen LogP contribution in [0, 0.1) is 16.7 Å². The van der Waals surface area contributed by atoms with Gasteiger partial charge in [-0.3, -0.25) is 9.59 Å². The van der Waals surface area contributed by atoms with Crippen LogP contribution in [0.25, 0.3) is 22.1 Å². The van der Waals surface area contributed by atoms with Crippen LogP contribution in [0.15, 0.2) is 46.9 Å². The molecular weight excluding hydrogens is 494 g/mol. The van der Waals surface area contributed by atoms with Crippen LogP contribution in [0.2, 0.25) is 0 Å². The third-order valence-corrected chi connectivity index (χ3v) is 7.93. The van der Waals surface area contributed by atoms with E-state index in [2.05, 4.69) is 11.4 Å². The van der Waals surface area contributed by atoms with Crippen molar-refractivity contribution in [2.75, 3.05) is 13.2 Å². The van der Waals surface area contributed by atoms with E-state index in [1.807, 2.05) is 36.4 Å². The van der Waals surface area contributed by atoms with Crippen molar-refractivity contribution in [2.45, 2.75) is 56.4 Å². The van der Waals surface area contributed by atoms with Crippen LogP contribution < -0.4 is 14.8 Å². The molecule has 3 aliphatic rings. The van der Waals surface area contributed by atoms with E-state index in [1.165, 1.54) is 0 Å². The predicted molar refractivity (Wildman–Crippen MR) is 133 cm³/mol. The normalized spacial score (nSPS) is 20.3. The number of nitriles is 1. The summed E-state index contributed by atoms with van der Waals surface area (Å²) in [5.41, 5.74) is 0.0271. The van der Waals surface area contributed by atoms with Gasteiger partial charge in [0.2, 0.25) is 5.92 Å². The van der Waals surface area contributed by atoms with Gasteiger partial charge in [-0.1, -0.05) is 18.2 Å². The fourth-order valence-corrected chi connectivity index (χ4v) is 5.30. The molecule has 2 aromatic carbocycles. The van der Waals surface area contributed by atoms with Crippen LogP contribution in [0.5, 0.6) is 11.5 Å². The van der Waals surface area contributed by atoms with Crippen molar-refractivity contribution in [1.29, 1.82) is 5.26 Å². The maximum absolute atomic E-state index is 14.0. The van der Waals surface area contributed by atoms with Crippen LogP contribution in [0.4, 0.5) is 8.78 Å². The number of hydrogen-bond donors (Lipinski definition) is 1. The number of amides is 1. The molecule has 0 spiro atoms. The molecule has 0 radical (unpaired) electrons. The summed E-state index contributed by atoms with van der Waals surface area (Å²) < 4.78 is 45.1. The fourth-order valence-electron chi connectivity index (χ4n) is 5.30. The Morgan fingerprint density at radius 2 is 1.58 bits per heavy atom. The maximum Gasteiger partial charge on any atom is 0.287 e. The van der Waals surface area contributed by atoms with Crippen LogP contribution in [-0.2, 0) is 4.79 Å². The number of nitrogens with zero attached hydrogens (tertiary/aromatic N) is 1. The molecule has 2 heterocycles. The van der Waals surface area contributed by atoms with Crippen LogP contribution in [0.3, 0.4) is 0 Å². The number of fused-ring (bicyclic) bond motifs is 2. The van der Waals surface area contributed by atoms with Gasteiger partial charge < -0.3 is 19.2 Å². The van der Waals surface area contributed by atoms with E-state index in [9.17, 15) is 23.6 Å². The number of carbonyl (C=O) groups excluding carboxylic acids is 2. The Hall–Kier alpha value is -3.93. The Morgan fingerprint density at radius 1 is 0.895 bits per heavy atom. The molecule has 2 saturated carbocycles. The van der Waals surface area contributed by atoms with Gasteiger partial charge >= 0.3 is 0 Å². The lowest BCUT2D eigenvalue weighted by atomic mass is 9.74. The van der Waals surface area contributed by atoms with Crippen molar-refractivity contribution < 1.29 is 32.3 Å². The summed E-state index contributed by atoms with van der Waals surface area (Å²) in [6.45, 7) is 0.981. The van der Waals surface area contributed by atoms with Gasteiger partial charge in [-0.15, -0.1) is 0 Å². The number of Topliss-reactive ketones (excluding diaryl/α,β-unsaturated/α-hetero) is 1. The van der Waals surface area contributed by atoms with E-state index >= 15 is 0 Å². The number of rotatable bonds is 6. The number of nitrogens with one attached hydrogen (secondary N) is 1. The second kappa shape index (κ2) is 8.83. The first-order valence-corrected chi connectivity index (χ1v) is 12.8. The van der Waals surface area contributed by atoms with Crippen molar-refractivity contribution in [3.05, 3.63) is 48.2 Å². The van der Waals surface area contributed by atoms with Gasteiger partial charge in [-0.2, -0.15) is 5.26 Å². The quantitative estimate of drug-likeness (QED) is 0.440. The predicted octanol–water partition coefficient (Wildman–Crippen LogP) is 5.81. The van der Waals surface area contributed by atoms with Crippen LogP contribution in [0.1, 0.15) is 55.5 Å². The van der Waals surface area contributed by atoms with Crippen molar-refractivity contribution >= 4 is 22.7 Å². The highest BCUT2D eigenvalue weighted by atomic mass is 19.3. The van der Waals surface area contributed by atoms with Crippen molar-refractivity contribution in [3.8, 4) is 28.7 Å². The standard InChI is InChI=1S/C29H26F2N2O5/c30-29(31)9-7-28(8-10-29,25(34)16-27(17-32)5-6-27)33-26(35)24-15-20-2-1-18(13-22(20)38-24)19-3-4-21-23(14-19)37-12-11-36-21/h1-4,13-15H,5-12,16H2,(H,33,35). The molecule has 7 nitrogen and oxygen atoms in total. The molecule has 196 valence electrons. The number of alkyl halides is 2. The first kappa shape index (κ1) is 24.4. The summed E-state index contributed by atoms with van der Waals surface area (Å²) >= 11 is 0. The van der Waals surface area contributed by atoms with E-state index in [0.29, 0.717) is 48.5 Å².